The van der Waals surface area contributed by atoms with Crippen LogP contribution in [0.3, 0.4) is 0 Å². The first-order valence-corrected chi connectivity index (χ1v) is 8.19. The molecular formula is C19H21ClN2O2. The zero-order chi connectivity index (χ0) is 17.5. The van der Waals surface area contributed by atoms with Gasteiger partial charge < -0.3 is 10.2 Å². The number of hydrogen-bond donors (Lipinski definition) is 1. The molecule has 0 fully saturated rings. The van der Waals surface area contributed by atoms with Crippen molar-refractivity contribution >= 4 is 29.1 Å². The first-order valence-electron chi connectivity index (χ1n) is 7.81. The fourth-order valence-corrected chi connectivity index (χ4v) is 2.56. The molecular weight excluding hydrogens is 324 g/mol. The van der Waals surface area contributed by atoms with Crippen molar-refractivity contribution in [2.75, 3.05) is 11.9 Å². The highest BCUT2D eigenvalue weighted by atomic mass is 35.5. The smallest absolute Gasteiger partial charge is 0.226 e. The lowest BCUT2D eigenvalue weighted by Gasteiger charge is -2.21. The number of carbonyl (C=O) groups is 2. The number of benzene rings is 2. The molecule has 0 aliphatic rings. The summed E-state index contributed by atoms with van der Waals surface area (Å²) in [5.74, 6) is -0.204. The van der Waals surface area contributed by atoms with Crippen molar-refractivity contribution in [3.05, 3.63) is 64.7 Å². The topological polar surface area (TPSA) is 49.4 Å². The summed E-state index contributed by atoms with van der Waals surface area (Å²) >= 11 is 6.14. The second-order valence-electron chi connectivity index (χ2n) is 5.70. The van der Waals surface area contributed by atoms with Crippen LogP contribution in [-0.2, 0) is 16.1 Å². The first-order chi connectivity index (χ1) is 11.5. The van der Waals surface area contributed by atoms with Crippen molar-refractivity contribution < 1.29 is 9.59 Å². The van der Waals surface area contributed by atoms with Crippen molar-refractivity contribution in [2.24, 2.45) is 0 Å². The van der Waals surface area contributed by atoms with Crippen LogP contribution < -0.4 is 5.32 Å². The number of nitrogens with one attached hydrogen (secondary N) is 1. The summed E-state index contributed by atoms with van der Waals surface area (Å²) in [7, 11) is 0. The third kappa shape index (κ3) is 5.39. The molecule has 4 nitrogen and oxygen atoms in total. The van der Waals surface area contributed by atoms with Crippen molar-refractivity contribution in [2.45, 2.75) is 26.8 Å². The summed E-state index contributed by atoms with van der Waals surface area (Å²) in [6.07, 6.45) is 0.234. The zero-order valence-electron chi connectivity index (χ0n) is 13.9. The molecule has 0 aromatic heterocycles. The van der Waals surface area contributed by atoms with Crippen molar-refractivity contribution in [3.63, 3.8) is 0 Å². The minimum absolute atomic E-state index is 0.0849. The molecule has 0 aliphatic heterocycles. The van der Waals surface area contributed by atoms with Gasteiger partial charge in [-0.1, -0.05) is 41.9 Å². The fourth-order valence-electron chi connectivity index (χ4n) is 2.36. The Morgan fingerprint density at radius 3 is 2.54 bits per heavy atom. The van der Waals surface area contributed by atoms with E-state index in [4.69, 9.17) is 11.6 Å². The van der Waals surface area contributed by atoms with Crippen LogP contribution in [-0.4, -0.2) is 23.3 Å². The van der Waals surface area contributed by atoms with Gasteiger partial charge in [-0.15, -0.1) is 0 Å². The second-order valence-corrected chi connectivity index (χ2v) is 6.11. The van der Waals surface area contributed by atoms with E-state index < -0.39 is 0 Å². The first kappa shape index (κ1) is 18.0. The Balaban J connectivity index is 1.92. The molecule has 126 valence electrons. The maximum atomic E-state index is 12.1. The van der Waals surface area contributed by atoms with E-state index in [1.807, 2.05) is 49.4 Å². The average molecular weight is 345 g/mol. The standard InChI is InChI=1S/C19H21ClN2O2/c1-14-6-5-8-17(12-14)21-19(24)10-11-22(15(2)23)13-16-7-3-4-9-18(16)20/h3-9,12H,10-11,13H2,1-2H3,(H,21,24). The SMILES string of the molecule is CC(=O)N(CCC(=O)Nc1cccc(C)c1)Cc1ccccc1Cl. The summed E-state index contributed by atoms with van der Waals surface area (Å²) in [6, 6.07) is 15.0. The second kappa shape index (κ2) is 8.50. The lowest BCUT2D eigenvalue weighted by Crippen LogP contribution is -2.31. The predicted molar refractivity (Wildman–Crippen MR) is 97.0 cm³/mol. The van der Waals surface area contributed by atoms with Crippen LogP contribution in [0.1, 0.15) is 24.5 Å². The summed E-state index contributed by atoms with van der Waals surface area (Å²) in [6.45, 7) is 4.21. The van der Waals surface area contributed by atoms with E-state index in [2.05, 4.69) is 5.32 Å². The number of hydrogen-bond acceptors (Lipinski definition) is 2. The number of amides is 2. The molecule has 1 N–H and O–H groups in total. The summed E-state index contributed by atoms with van der Waals surface area (Å²) in [5, 5.41) is 3.47. The van der Waals surface area contributed by atoms with Crippen LogP contribution in [0, 0.1) is 6.92 Å². The normalized spacial score (nSPS) is 10.3. The Bertz CT molecular complexity index is 731. The van der Waals surface area contributed by atoms with E-state index in [-0.39, 0.29) is 18.2 Å². The van der Waals surface area contributed by atoms with E-state index in [0.717, 1.165) is 16.8 Å². The Morgan fingerprint density at radius 1 is 1.12 bits per heavy atom. The van der Waals surface area contributed by atoms with Crippen LogP contribution in [0.15, 0.2) is 48.5 Å². The monoisotopic (exact) mass is 344 g/mol. The minimum Gasteiger partial charge on any atom is -0.338 e. The Kier molecular flexibility index (Phi) is 6.38. The lowest BCUT2D eigenvalue weighted by molar-refractivity contribution is -0.129. The highest BCUT2D eigenvalue weighted by Gasteiger charge is 2.13. The van der Waals surface area contributed by atoms with E-state index in [0.29, 0.717) is 18.1 Å². The maximum absolute atomic E-state index is 12.1. The van der Waals surface area contributed by atoms with Gasteiger partial charge in [-0.05, 0) is 36.2 Å². The number of anilines is 1. The van der Waals surface area contributed by atoms with Gasteiger partial charge in [0.25, 0.3) is 0 Å². The molecule has 0 saturated carbocycles. The summed E-state index contributed by atoms with van der Waals surface area (Å²) in [5.41, 5.74) is 2.71. The van der Waals surface area contributed by atoms with Crippen LogP contribution >= 0.6 is 11.6 Å². The number of carbonyl (C=O) groups excluding carboxylic acids is 2. The molecule has 24 heavy (non-hydrogen) atoms. The largest absolute Gasteiger partial charge is 0.338 e. The van der Waals surface area contributed by atoms with Crippen molar-refractivity contribution in [1.82, 2.24) is 4.90 Å². The Labute approximate surface area is 147 Å². The molecule has 0 spiro atoms. The van der Waals surface area contributed by atoms with Crippen LogP contribution in [0.5, 0.6) is 0 Å². The van der Waals surface area contributed by atoms with Gasteiger partial charge >= 0.3 is 0 Å². The van der Waals surface area contributed by atoms with Gasteiger partial charge in [0, 0.05) is 37.1 Å². The minimum atomic E-state index is -0.119. The molecule has 2 aromatic carbocycles. The molecule has 5 heteroatoms. The van der Waals surface area contributed by atoms with Crippen LogP contribution in [0.2, 0.25) is 5.02 Å². The summed E-state index contributed by atoms with van der Waals surface area (Å²) in [4.78, 5) is 25.5. The number of aryl methyl sites for hydroxylation is 1. The van der Waals surface area contributed by atoms with Crippen LogP contribution in [0.25, 0.3) is 0 Å². The Morgan fingerprint density at radius 2 is 1.88 bits per heavy atom. The van der Waals surface area contributed by atoms with E-state index >= 15 is 0 Å². The molecule has 0 heterocycles. The van der Waals surface area contributed by atoms with Gasteiger partial charge in [-0.3, -0.25) is 9.59 Å². The van der Waals surface area contributed by atoms with Crippen molar-refractivity contribution in [3.8, 4) is 0 Å². The number of nitrogens with zero attached hydrogens (tertiary/aromatic N) is 1. The molecule has 0 saturated heterocycles. The van der Waals surface area contributed by atoms with Gasteiger partial charge in [0.15, 0.2) is 0 Å². The molecule has 2 amide bonds. The third-order valence-electron chi connectivity index (χ3n) is 3.67. The molecule has 0 unspecified atom stereocenters. The van der Waals surface area contributed by atoms with Gasteiger partial charge in [0.2, 0.25) is 11.8 Å². The zero-order valence-corrected chi connectivity index (χ0v) is 14.6. The van der Waals surface area contributed by atoms with Gasteiger partial charge in [0.05, 0.1) is 0 Å². The predicted octanol–water partition coefficient (Wildman–Crippen LogP) is 4.03. The molecule has 0 atom stereocenters. The van der Waals surface area contributed by atoms with Crippen molar-refractivity contribution in [1.29, 1.82) is 0 Å². The maximum Gasteiger partial charge on any atom is 0.226 e. The van der Waals surface area contributed by atoms with Gasteiger partial charge in [-0.25, -0.2) is 0 Å². The quantitative estimate of drug-likeness (QED) is 0.860. The third-order valence-corrected chi connectivity index (χ3v) is 4.04. The van der Waals surface area contributed by atoms with E-state index in [1.54, 1.807) is 11.0 Å². The number of rotatable bonds is 6. The number of halogens is 1. The van der Waals surface area contributed by atoms with Gasteiger partial charge in [-0.2, -0.15) is 0 Å². The summed E-state index contributed by atoms with van der Waals surface area (Å²) < 4.78 is 0. The highest BCUT2D eigenvalue weighted by Crippen LogP contribution is 2.17. The van der Waals surface area contributed by atoms with Gasteiger partial charge in [0.1, 0.15) is 0 Å². The average Bonchev–Trinajstić information content (AvgIpc) is 2.52. The Hall–Kier alpha value is -2.33. The lowest BCUT2D eigenvalue weighted by atomic mass is 10.2. The molecule has 0 radical (unpaired) electrons. The van der Waals surface area contributed by atoms with E-state index in [9.17, 15) is 9.59 Å². The fraction of sp³-hybridized carbons (Fsp3) is 0.263. The molecule has 2 rings (SSSR count). The van der Waals surface area contributed by atoms with E-state index in [1.165, 1.54) is 6.92 Å². The molecule has 2 aromatic rings. The molecule has 0 bridgehead atoms. The highest BCUT2D eigenvalue weighted by molar-refractivity contribution is 6.31. The molecule has 0 aliphatic carbocycles. The van der Waals surface area contributed by atoms with Crippen LogP contribution in [0.4, 0.5) is 5.69 Å².